The summed E-state index contributed by atoms with van der Waals surface area (Å²) in [5.41, 5.74) is 0.846. The minimum atomic E-state index is -0.550. The third-order valence-corrected chi connectivity index (χ3v) is 4.52. The van der Waals surface area contributed by atoms with Crippen LogP contribution in [0.1, 0.15) is 39.2 Å². The second kappa shape index (κ2) is 10.3. The van der Waals surface area contributed by atoms with E-state index in [1.165, 1.54) is 0 Å². The fraction of sp³-hybridized carbons (Fsp3) is 0.714. The molecule has 0 radical (unpaired) electrons. The van der Waals surface area contributed by atoms with Gasteiger partial charge in [0.05, 0.1) is 38.6 Å². The summed E-state index contributed by atoms with van der Waals surface area (Å²) in [5, 5.41) is 10.5. The zero-order chi connectivity index (χ0) is 19.9. The fourth-order valence-corrected chi connectivity index (χ4v) is 3.21. The van der Waals surface area contributed by atoms with Crippen molar-refractivity contribution in [3.63, 3.8) is 0 Å². The van der Waals surface area contributed by atoms with Crippen LogP contribution < -0.4 is 9.47 Å². The van der Waals surface area contributed by atoms with Gasteiger partial charge in [-0.2, -0.15) is 0 Å². The number of aliphatic hydroxyl groups is 1. The zero-order valence-electron chi connectivity index (χ0n) is 17.4. The minimum Gasteiger partial charge on any atom is -0.493 e. The van der Waals surface area contributed by atoms with Gasteiger partial charge in [0.2, 0.25) is 0 Å². The van der Waals surface area contributed by atoms with Gasteiger partial charge < -0.3 is 24.1 Å². The molecule has 1 heterocycles. The Morgan fingerprint density at radius 3 is 2.56 bits per heavy atom. The first-order valence-corrected chi connectivity index (χ1v) is 9.67. The molecular weight excluding hydrogens is 346 g/mol. The maximum absolute atomic E-state index is 10.5. The predicted molar refractivity (Wildman–Crippen MR) is 106 cm³/mol. The summed E-state index contributed by atoms with van der Waals surface area (Å²) in [7, 11) is 3.27. The highest BCUT2D eigenvalue weighted by Crippen LogP contribution is 2.28. The number of hydrogen-bond acceptors (Lipinski definition) is 6. The van der Waals surface area contributed by atoms with Crippen molar-refractivity contribution in [2.45, 2.75) is 58.0 Å². The summed E-state index contributed by atoms with van der Waals surface area (Å²) in [6, 6.07) is 5.93. The Hall–Kier alpha value is -1.34. The lowest BCUT2D eigenvalue weighted by atomic mass is 10.1. The van der Waals surface area contributed by atoms with E-state index in [0.717, 1.165) is 31.6 Å². The average molecular weight is 382 g/mol. The number of benzene rings is 1. The number of nitrogens with zero attached hydrogens (tertiary/aromatic N) is 1. The van der Waals surface area contributed by atoms with Gasteiger partial charge in [-0.3, -0.25) is 4.90 Å². The van der Waals surface area contributed by atoms with Crippen molar-refractivity contribution in [3.8, 4) is 11.5 Å². The van der Waals surface area contributed by atoms with Crippen LogP contribution in [0.25, 0.3) is 0 Å². The topological polar surface area (TPSA) is 60.4 Å². The molecule has 0 spiro atoms. The number of rotatable bonds is 10. The van der Waals surface area contributed by atoms with Crippen molar-refractivity contribution in [2.24, 2.45) is 0 Å². The Morgan fingerprint density at radius 2 is 1.96 bits per heavy atom. The van der Waals surface area contributed by atoms with Crippen LogP contribution >= 0.6 is 0 Å². The van der Waals surface area contributed by atoms with E-state index in [9.17, 15) is 5.11 Å². The molecule has 1 saturated heterocycles. The summed E-state index contributed by atoms with van der Waals surface area (Å²) in [6.45, 7) is 9.15. The van der Waals surface area contributed by atoms with E-state index in [1.54, 1.807) is 14.2 Å². The number of ether oxygens (including phenoxy) is 4. The molecule has 1 aromatic rings. The SMILES string of the molecule is COc1ccc(CN(C[C@H](O)COC(C)(C)C)C[C@@H]2CCCO2)cc1OC. The highest BCUT2D eigenvalue weighted by Gasteiger charge is 2.22. The van der Waals surface area contributed by atoms with E-state index in [4.69, 9.17) is 18.9 Å². The molecule has 27 heavy (non-hydrogen) atoms. The highest BCUT2D eigenvalue weighted by molar-refractivity contribution is 5.42. The first-order valence-electron chi connectivity index (χ1n) is 9.67. The van der Waals surface area contributed by atoms with E-state index in [0.29, 0.717) is 31.2 Å². The van der Waals surface area contributed by atoms with Gasteiger partial charge in [0.15, 0.2) is 11.5 Å². The number of hydrogen-bond donors (Lipinski definition) is 1. The van der Waals surface area contributed by atoms with E-state index in [1.807, 2.05) is 39.0 Å². The van der Waals surface area contributed by atoms with Crippen molar-refractivity contribution in [1.29, 1.82) is 0 Å². The van der Waals surface area contributed by atoms with E-state index < -0.39 is 6.10 Å². The third-order valence-electron chi connectivity index (χ3n) is 4.52. The Bertz CT molecular complexity index is 566. The van der Waals surface area contributed by atoms with Crippen LogP contribution in [-0.2, 0) is 16.0 Å². The van der Waals surface area contributed by atoms with Gasteiger partial charge in [0.25, 0.3) is 0 Å². The number of aliphatic hydroxyl groups excluding tert-OH is 1. The third kappa shape index (κ3) is 7.66. The molecule has 0 amide bonds. The van der Waals surface area contributed by atoms with Crippen molar-refractivity contribution in [3.05, 3.63) is 23.8 Å². The number of methoxy groups -OCH3 is 2. The molecule has 0 aromatic heterocycles. The second-order valence-electron chi connectivity index (χ2n) is 8.10. The molecule has 0 saturated carbocycles. The van der Waals surface area contributed by atoms with Crippen LogP contribution in [-0.4, -0.2) is 68.3 Å². The van der Waals surface area contributed by atoms with Crippen LogP contribution in [0, 0.1) is 0 Å². The largest absolute Gasteiger partial charge is 0.493 e. The van der Waals surface area contributed by atoms with E-state index in [2.05, 4.69) is 4.90 Å². The van der Waals surface area contributed by atoms with Gasteiger partial charge in [0.1, 0.15) is 0 Å². The zero-order valence-corrected chi connectivity index (χ0v) is 17.4. The van der Waals surface area contributed by atoms with E-state index in [-0.39, 0.29) is 11.7 Å². The molecule has 1 aliphatic heterocycles. The summed E-state index contributed by atoms with van der Waals surface area (Å²) >= 11 is 0. The monoisotopic (exact) mass is 381 g/mol. The Morgan fingerprint density at radius 1 is 1.22 bits per heavy atom. The van der Waals surface area contributed by atoms with Crippen LogP contribution in [0.15, 0.2) is 18.2 Å². The Balaban J connectivity index is 2.02. The molecule has 1 N–H and O–H groups in total. The molecule has 0 unspecified atom stereocenters. The summed E-state index contributed by atoms with van der Waals surface area (Å²) in [6.07, 6.45) is 1.84. The average Bonchev–Trinajstić information content (AvgIpc) is 3.12. The van der Waals surface area contributed by atoms with Crippen molar-refractivity contribution < 1.29 is 24.1 Å². The smallest absolute Gasteiger partial charge is 0.161 e. The second-order valence-corrected chi connectivity index (χ2v) is 8.10. The lowest BCUT2D eigenvalue weighted by Crippen LogP contribution is -2.40. The minimum absolute atomic E-state index is 0.223. The molecule has 6 heteroatoms. The van der Waals surface area contributed by atoms with Crippen molar-refractivity contribution in [1.82, 2.24) is 4.90 Å². The van der Waals surface area contributed by atoms with Gasteiger partial charge >= 0.3 is 0 Å². The first-order chi connectivity index (χ1) is 12.8. The van der Waals surface area contributed by atoms with Crippen molar-refractivity contribution in [2.75, 3.05) is 40.5 Å². The van der Waals surface area contributed by atoms with Crippen LogP contribution in [0.5, 0.6) is 11.5 Å². The maximum Gasteiger partial charge on any atom is 0.161 e. The lowest BCUT2D eigenvalue weighted by molar-refractivity contribution is -0.0594. The van der Waals surface area contributed by atoms with Gasteiger partial charge in [-0.1, -0.05) is 6.07 Å². The van der Waals surface area contributed by atoms with Crippen LogP contribution in [0.2, 0.25) is 0 Å². The van der Waals surface area contributed by atoms with Gasteiger partial charge in [-0.25, -0.2) is 0 Å². The first kappa shape index (κ1) is 22.0. The normalized spacial score (nSPS) is 18.7. The van der Waals surface area contributed by atoms with Gasteiger partial charge in [-0.05, 0) is 51.3 Å². The quantitative estimate of drug-likeness (QED) is 0.673. The summed E-state index contributed by atoms with van der Waals surface area (Å²) in [4.78, 5) is 2.23. The summed E-state index contributed by atoms with van der Waals surface area (Å²) in [5.74, 6) is 1.43. The Kier molecular flexibility index (Phi) is 8.35. The molecule has 6 nitrogen and oxygen atoms in total. The van der Waals surface area contributed by atoms with Crippen molar-refractivity contribution >= 4 is 0 Å². The standard InChI is InChI=1S/C21H35NO5/c1-21(2,3)27-15-17(23)13-22(14-18-7-6-10-26-18)12-16-8-9-19(24-4)20(11-16)25-5/h8-9,11,17-18,23H,6-7,10,12-15H2,1-5H3/t17-,18-/m0/s1. The Labute approximate surface area is 163 Å². The molecule has 2 rings (SSSR count). The highest BCUT2D eigenvalue weighted by atomic mass is 16.5. The van der Waals surface area contributed by atoms with Crippen LogP contribution in [0.3, 0.4) is 0 Å². The lowest BCUT2D eigenvalue weighted by Gasteiger charge is -2.29. The maximum atomic E-state index is 10.5. The molecule has 0 bridgehead atoms. The van der Waals surface area contributed by atoms with Crippen LogP contribution in [0.4, 0.5) is 0 Å². The van der Waals surface area contributed by atoms with Gasteiger partial charge in [-0.15, -0.1) is 0 Å². The molecule has 0 aliphatic carbocycles. The molecular formula is C21H35NO5. The van der Waals surface area contributed by atoms with E-state index >= 15 is 0 Å². The molecule has 2 atom stereocenters. The molecule has 1 aromatic carbocycles. The molecule has 1 fully saturated rings. The predicted octanol–water partition coefficient (Wildman–Crippen LogP) is 2.86. The molecule has 154 valence electrons. The van der Waals surface area contributed by atoms with Gasteiger partial charge in [0, 0.05) is 26.2 Å². The summed E-state index contributed by atoms with van der Waals surface area (Å²) < 4.78 is 22.3. The fourth-order valence-electron chi connectivity index (χ4n) is 3.21. The molecule has 1 aliphatic rings.